The zero-order chi connectivity index (χ0) is 36.2. The van der Waals surface area contributed by atoms with E-state index in [-0.39, 0.29) is 23.8 Å². The van der Waals surface area contributed by atoms with Crippen LogP contribution >= 0.6 is 22.9 Å². The molecular formula is C40H39ClN2O7S. The molecule has 2 heterocycles. The highest BCUT2D eigenvalue weighted by Gasteiger charge is 2.34. The fourth-order valence-electron chi connectivity index (χ4n) is 6.02. The lowest BCUT2D eigenvalue weighted by Gasteiger charge is -2.25. The first-order valence-electron chi connectivity index (χ1n) is 16.7. The summed E-state index contributed by atoms with van der Waals surface area (Å²) in [5.74, 6) is 1.35. The monoisotopic (exact) mass is 726 g/mol. The van der Waals surface area contributed by atoms with Crippen LogP contribution in [0.5, 0.6) is 23.0 Å². The Hall–Kier alpha value is -5.06. The Morgan fingerprint density at radius 1 is 0.961 bits per heavy atom. The van der Waals surface area contributed by atoms with Gasteiger partial charge in [-0.05, 0) is 98.5 Å². The number of carbonyl (C=O) groups excluding carboxylic acids is 1. The highest BCUT2D eigenvalue weighted by Crippen LogP contribution is 2.39. The van der Waals surface area contributed by atoms with Gasteiger partial charge < -0.3 is 23.7 Å². The third kappa shape index (κ3) is 7.52. The third-order valence-electron chi connectivity index (χ3n) is 8.21. The maximum absolute atomic E-state index is 14.3. The molecule has 0 saturated heterocycles. The largest absolute Gasteiger partial charge is 0.493 e. The van der Waals surface area contributed by atoms with E-state index in [1.165, 1.54) is 15.9 Å². The third-order valence-corrected chi connectivity index (χ3v) is 9.47. The van der Waals surface area contributed by atoms with Crippen molar-refractivity contribution in [3.63, 3.8) is 0 Å². The fourth-order valence-corrected chi connectivity index (χ4v) is 7.34. The van der Waals surface area contributed by atoms with Crippen molar-refractivity contribution in [2.24, 2.45) is 4.99 Å². The van der Waals surface area contributed by atoms with Crippen LogP contribution in [0.1, 0.15) is 57.4 Å². The van der Waals surface area contributed by atoms with Crippen LogP contribution in [0.25, 0.3) is 16.8 Å². The second-order valence-corrected chi connectivity index (χ2v) is 13.5. The number of ether oxygens (including phenoxy) is 5. The number of esters is 1. The number of rotatable bonds is 12. The van der Waals surface area contributed by atoms with Crippen LogP contribution in [0.2, 0.25) is 5.02 Å². The van der Waals surface area contributed by atoms with Crippen molar-refractivity contribution < 1.29 is 28.5 Å². The van der Waals surface area contributed by atoms with E-state index in [9.17, 15) is 9.59 Å². The van der Waals surface area contributed by atoms with Crippen molar-refractivity contribution in [1.82, 2.24) is 4.57 Å². The van der Waals surface area contributed by atoms with Crippen molar-refractivity contribution in [2.75, 3.05) is 20.3 Å². The molecule has 0 radical (unpaired) electrons. The lowest BCUT2D eigenvalue weighted by atomic mass is 9.95. The minimum Gasteiger partial charge on any atom is -0.493 e. The van der Waals surface area contributed by atoms with Crippen LogP contribution in [0.15, 0.2) is 93.9 Å². The summed E-state index contributed by atoms with van der Waals surface area (Å²) in [5.41, 5.74) is 2.67. The quantitative estimate of drug-likeness (QED) is 0.124. The molecule has 264 valence electrons. The summed E-state index contributed by atoms with van der Waals surface area (Å²) < 4.78 is 31.1. The van der Waals surface area contributed by atoms with Gasteiger partial charge in [-0.3, -0.25) is 9.36 Å². The van der Waals surface area contributed by atoms with Crippen molar-refractivity contribution in [3.8, 4) is 23.0 Å². The van der Waals surface area contributed by atoms with Crippen molar-refractivity contribution in [2.45, 2.75) is 53.4 Å². The first-order valence-corrected chi connectivity index (χ1v) is 17.9. The van der Waals surface area contributed by atoms with Crippen molar-refractivity contribution >= 4 is 45.8 Å². The van der Waals surface area contributed by atoms with Gasteiger partial charge in [-0.25, -0.2) is 9.79 Å². The molecule has 0 saturated carbocycles. The van der Waals surface area contributed by atoms with Gasteiger partial charge in [-0.1, -0.05) is 65.4 Å². The Morgan fingerprint density at radius 3 is 2.47 bits per heavy atom. The van der Waals surface area contributed by atoms with E-state index in [0.717, 1.165) is 16.3 Å². The fraction of sp³-hybridized carbons (Fsp3) is 0.275. The highest BCUT2D eigenvalue weighted by molar-refractivity contribution is 7.07. The maximum atomic E-state index is 14.3. The number of carbonyl (C=O) groups is 1. The molecule has 1 atom stereocenters. The van der Waals surface area contributed by atoms with Crippen LogP contribution in [0.3, 0.4) is 0 Å². The number of methoxy groups -OCH3 is 1. The second kappa shape index (κ2) is 15.4. The van der Waals surface area contributed by atoms with Crippen LogP contribution in [-0.4, -0.2) is 37.0 Å². The summed E-state index contributed by atoms with van der Waals surface area (Å²) in [4.78, 5) is 32.8. The Bertz CT molecular complexity index is 2330. The smallest absolute Gasteiger partial charge is 0.338 e. The van der Waals surface area contributed by atoms with Crippen LogP contribution in [0, 0.1) is 0 Å². The van der Waals surface area contributed by atoms with Crippen LogP contribution in [0.4, 0.5) is 0 Å². The number of nitrogens with zero attached hydrogens (tertiary/aromatic N) is 2. The zero-order valence-corrected chi connectivity index (χ0v) is 30.9. The minimum atomic E-state index is -0.821. The van der Waals surface area contributed by atoms with Gasteiger partial charge in [0.05, 0.1) is 53.3 Å². The van der Waals surface area contributed by atoms with Gasteiger partial charge in [-0.2, -0.15) is 0 Å². The molecule has 1 aliphatic rings. The number of benzene rings is 4. The summed E-state index contributed by atoms with van der Waals surface area (Å²) in [7, 11) is 1.55. The van der Waals surface area contributed by atoms with E-state index >= 15 is 0 Å². The predicted molar refractivity (Wildman–Crippen MR) is 200 cm³/mol. The number of aromatic nitrogens is 1. The molecule has 0 amide bonds. The lowest BCUT2D eigenvalue weighted by Crippen LogP contribution is -2.40. The highest BCUT2D eigenvalue weighted by atomic mass is 35.5. The molecule has 6 rings (SSSR count). The second-order valence-electron chi connectivity index (χ2n) is 12.1. The standard InChI is InChI=1S/C40H39ClN2O7S/c1-7-47-33-19-26(18-30(41)37(33)49-22-25-13-14-27-11-9-10-12-28(27)17-25)20-34-38(44)43-36(29-15-16-31(50-23(3)4)32(21-29)46-6)35(39(45)48-8-2)24(5)42-40(43)51-34/h9-21,23,36H,7-8,22H2,1-6H3/b34-20-/t36-/m0/s1. The Morgan fingerprint density at radius 2 is 1.75 bits per heavy atom. The molecule has 9 nitrogen and oxygen atoms in total. The molecule has 0 spiro atoms. The van der Waals surface area contributed by atoms with Gasteiger partial charge in [0.2, 0.25) is 0 Å². The molecule has 4 aromatic carbocycles. The molecule has 5 aromatic rings. The van der Waals surface area contributed by atoms with Gasteiger partial charge in [-0.15, -0.1) is 0 Å². The van der Waals surface area contributed by atoms with E-state index in [0.29, 0.717) is 67.4 Å². The summed E-state index contributed by atoms with van der Waals surface area (Å²) in [6.45, 7) is 10.1. The molecule has 0 aliphatic carbocycles. The topological polar surface area (TPSA) is 97.6 Å². The molecule has 0 bridgehead atoms. The van der Waals surface area contributed by atoms with Crippen molar-refractivity contribution in [3.05, 3.63) is 125 Å². The molecule has 1 aliphatic heterocycles. The predicted octanol–water partition coefficient (Wildman–Crippen LogP) is 7.38. The van der Waals surface area contributed by atoms with Gasteiger partial charge in [0.1, 0.15) is 6.61 Å². The van der Waals surface area contributed by atoms with Gasteiger partial charge in [0.15, 0.2) is 27.8 Å². The first-order chi connectivity index (χ1) is 24.6. The van der Waals surface area contributed by atoms with Gasteiger partial charge >= 0.3 is 5.97 Å². The van der Waals surface area contributed by atoms with E-state index in [2.05, 4.69) is 24.3 Å². The summed E-state index contributed by atoms with van der Waals surface area (Å²) in [6.07, 6.45) is 1.66. The summed E-state index contributed by atoms with van der Waals surface area (Å²) >= 11 is 8.03. The van der Waals surface area contributed by atoms with Crippen LogP contribution < -0.4 is 33.8 Å². The van der Waals surface area contributed by atoms with Gasteiger partial charge in [0.25, 0.3) is 5.56 Å². The normalized spacial score (nSPS) is 14.4. The van der Waals surface area contributed by atoms with E-state index in [1.807, 2.05) is 45.0 Å². The average Bonchev–Trinajstić information content (AvgIpc) is 3.40. The maximum Gasteiger partial charge on any atom is 0.338 e. The number of thiazole rings is 1. The molecule has 51 heavy (non-hydrogen) atoms. The number of halogens is 1. The van der Waals surface area contributed by atoms with E-state index < -0.39 is 12.0 Å². The molecule has 0 N–H and O–H groups in total. The number of hydrogen-bond donors (Lipinski definition) is 0. The molecule has 0 unspecified atom stereocenters. The Labute approximate surface area is 305 Å². The van der Waals surface area contributed by atoms with Crippen molar-refractivity contribution in [1.29, 1.82) is 0 Å². The Balaban J connectivity index is 1.40. The zero-order valence-electron chi connectivity index (χ0n) is 29.3. The van der Waals surface area contributed by atoms with Gasteiger partial charge in [0, 0.05) is 0 Å². The molecular weight excluding hydrogens is 688 g/mol. The van der Waals surface area contributed by atoms with Crippen LogP contribution in [-0.2, 0) is 16.1 Å². The average molecular weight is 727 g/mol. The lowest BCUT2D eigenvalue weighted by molar-refractivity contribution is -0.139. The number of allylic oxidation sites excluding steroid dienone is 1. The minimum absolute atomic E-state index is 0.0818. The van der Waals surface area contributed by atoms with E-state index in [1.54, 1.807) is 51.3 Å². The summed E-state index contributed by atoms with van der Waals surface area (Å²) in [5, 5.41) is 2.61. The Kier molecular flexibility index (Phi) is 10.8. The first kappa shape index (κ1) is 35.8. The van der Waals surface area contributed by atoms with E-state index in [4.69, 9.17) is 40.3 Å². The molecule has 11 heteroatoms. The molecule has 1 aromatic heterocycles. The number of hydrogen-bond acceptors (Lipinski definition) is 9. The summed E-state index contributed by atoms with van der Waals surface area (Å²) in [6, 6.07) is 22.4. The molecule has 0 fully saturated rings. The SMILES string of the molecule is CCOC(=O)C1=C(C)N=c2s/c(=C\c3cc(Cl)c(OCc4ccc5ccccc5c4)c(OCC)c3)c(=O)n2[C@H]1c1ccc(OC(C)C)c(OC)c1. The number of fused-ring (bicyclic) bond motifs is 2.